The van der Waals surface area contributed by atoms with Crippen molar-refractivity contribution in [2.24, 2.45) is 0 Å². The highest BCUT2D eigenvalue weighted by molar-refractivity contribution is 14.1. The number of halogens is 2. The lowest BCUT2D eigenvalue weighted by molar-refractivity contribution is -0.130. The normalized spacial score (nSPS) is 14.8. The lowest BCUT2D eigenvalue weighted by Crippen LogP contribution is -2.49. The first-order valence-corrected chi connectivity index (χ1v) is 9.69. The molecule has 0 atom stereocenters. The number of benzene rings is 1. The molecule has 1 aliphatic rings. The van der Waals surface area contributed by atoms with Gasteiger partial charge in [-0.25, -0.2) is 0 Å². The molecule has 4 rings (SSSR count). The largest absolute Gasteiger partial charge is 0.352 e. The Bertz CT molecular complexity index is 953. The van der Waals surface area contributed by atoms with Crippen LogP contribution in [0.3, 0.4) is 0 Å². The second kappa shape index (κ2) is 7.36. The van der Waals surface area contributed by atoms with Gasteiger partial charge in [-0.3, -0.25) is 4.79 Å². The predicted octanol–water partition coefficient (Wildman–Crippen LogP) is 2.27. The van der Waals surface area contributed by atoms with Crippen molar-refractivity contribution in [2.75, 3.05) is 31.1 Å². The van der Waals surface area contributed by atoms with Crippen molar-refractivity contribution in [3.63, 3.8) is 0 Å². The van der Waals surface area contributed by atoms with E-state index in [0.717, 1.165) is 33.7 Å². The molecule has 1 amide bonds. The van der Waals surface area contributed by atoms with E-state index in [1.165, 1.54) is 0 Å². The van der Waals surface area contributed by atoms with Gasteiger partial charge in [0.25, 0.3) is 0 Å². The van der Waals surface area contributed by atoms with E-state index in [9.17, 15) is 4.79 Å². The maximum atomic E-state index is 12.6. The second-order valence-electron chi connectivity index (χ2n) is 6.12. The Balaban J connectivity index is 1.37. The molecule has 1 aromatic carbocycles. The molecule has 3 aromatic rings. The fraction of sp³-hybridized carbons (Fsp3) is 0.294. The summed E-state index contributed by atoms with van der Waals surface area (Å²) in [7, 11) is 0. The SMILES string of the molecule is O=C(Cc1ccc(Cl)c(I)c1)N1CCN(c2ccc3nncn3n2)CC1. The minimum absolute atomic E-state index is 0.144. The van der Waals surface area contributed by atoms with Crippen molar-refractivity contribution in [2.45, 2.75) is 6.42 Å². The van der Waals surface area contributed by atoms with Gasteiger partial charge in [0.2, 0.25) is 5.91 Å². The summed E-state index contributed by atoms with van der Waals surface area (Å²) in [6.07, 6.45) is 1.99. The number of amides is 1. The molecule has 1 fully saturated rings. The van der Waals surface area contributed by atoms with Gasteiger partial charge < -0.3 is 9.80 Å². The average molecular weight is 483 g/mol. The molecule has 3 heterocycles. The van der Waals surface area contributed by atoms with E-state index < -0.39 is 0 Å². The van der Waals surface area contributed by atoms with Gasteiger partial charge in [-0.15, -0.1) is 15.3 Å². The van der Waals surface area contributed by atoms with E-state index in [-0.39, 0.29) is 5.91 Å². The van der Waals surface area contributed by atoms with Crippen molar-refractivity contribution < 1.29 is 4.79 Å². The second-order valence-corrected chi connectivity index (χ2v) is 7.69. The molecule has 0 spiro atoms. The van der Waals surface area contributed by atoms with Crippen LogP contribution < -0.4 is 4.90 Å². The molecule has 2 aromatic heterocycles. The van der Waals surface area contributed by atoms with Crippen molar-refractivity contribution in [3.05, 3.63) is 50.8 Å². The first-order valence-electron chi connectivity index (χ1n) is 8.24. The number of rotatable bonds is 3. The van der Waals surface area contributed by atoms with E-state index in [1.807, 2.05) is 35.2 Å². The Hall–Kier alpha value is -1.94. The standard InChI is InChI=1S/C17H16ClIN6O/c18-13-2-1-12(9-14(13)19)10-17(26)24-7-5-23(6-8-24)16-4-3-15-21-20-11-25(15)22-16/h1-4,9,11H,5-8,10H2. The third kappa shape index (κ3) is 3.61. The van der Waals surface area contributed by atoms with E-state index in [4.69, 9.17) is 11.6 Å². The van der Waals surface area contributed by atoms with Crippen LogP contribution in [0.5, 0.6) is 0 Å². The predicted molar refractivity (Wildman–Crippen MR) is 107 cm³/mol. The summed E-state index contributed by atoms with van der Waals surface area (Å²) in [5.74, 6) is 1.02. The van der Waals surface area contributed by atoms with Gasteiger partial charge in [0.15, 0.2) is 5.65 Å². The maximum Gasteiger partial charge on any atom is 0.227 e. The molecule has 0 aliphatic carbocycles. The fourth-order valence-corrected chi connectivity index (χ4v) is 3.71. The number of fused-ring (bicyclic) bond motifs is 1. The molecule has 26 heavy (non-hydrogen) atoms. The van der Waals surface area contributed by atoms with Gasteiger partial charge in [0, 0.05) is 29.7 Å². The quantitative estimate of drug-likeness (QED) is 0.536. The molecule has 0 saturated carbocycles. The topological polar surface area (TPSA) is 66.6 Å². The number of nitrogens with zero attached hydrogens (tertiary/aromatic N) is 6. The summed E-state index contributed by atoms with van der Waals surface area (Å²) < 4.78 is 2.63. The van der Waals surface area contributed by atoms with Crippen LogP contribution in [0.2, 0.25) is 5.02 Å². The zero-order valence-electron chi connectivity index (χ0n) is 13.8. The average Bonchev–Trinajstić information content (AvgIpc) is 3.12. The number of hydrogen-bond acceptors (Lipinski definition) is 5. The van der Waals surface area contributed by atoms with Crippen LogP contribution in [0.15, 0.2) is 36.7 Å². The first-order chi connectivity index (χ1) is 12.6. The molecule has 0 unspecified atom stereocenters. The molecule has 7 nitrogen and oxygen atoms in total. The van der Waals surface area contributed by atoms with E-state index in [1.54, 1.807) is 10.8 Å². The van der Waals surface area contributed by atoms with Gasteiger partial charge in [0.05, 0.1) is 11.4 Å². The molecular formula is C17H16ClIN6O. The first kappa shape index (κ1) is 17.5. The van der Waals surface area contributed by atoms with Crippen molar-refractivity contribution >= 4 is 51.6 Å². The smallest absolute Gasteiger partial charge is 0.227 e. The zero-order chi connectivity index (χ0) is 18.1. The zero-order valence-corrected chi connectivity index (χ0v) is 16.8. The van der Waals surface area contributed by atoms with Crippen LogP contribution in [0, 0.1) is 3.57 Å². The Morgan fingerprint density at radius 3 is 2.73 bits per heavy atom. The summed E-state index contributed by atoms with van der Waals surface area (Å²) >= 11 is 8.23. The summed E-state index contributed by atoms with van der Waals surface area (Å²) in [4.78, 5) is 16.7. The van der Waals surface area contributed by atoms with Crippen LogP contribution in [-0.2, 0) is 11.2 Å². The van der Waals surface area contributed by atoms with E-state index in [0.29, 0.717) is 24.5 Å². The monoisotopic (exact) mass is 482 g/mol. The Morgan fingerprint density at radius 2 is 1.96 bits per heavy atom. The van der Waals surface area contributed by atoms with Crippen molar-refractivity contribution in [1.82, 2.24) is 24.7 Å². The van der Waals surface area contributed by atoms with Gasteiger partial charge >= 0.3 is 0 Å². The molecule has 9 heteroatoms. The number of hydrogen-bond donors (Lipinski definition) is 0. The number of aromatic nitrogens is 4. The van der Waals surface area contributed by atoms with E-state index >= 15 is 0 Å². The van der Waals surface area contributed by atoms with Crippen LogP contribution in [0.25, 0.3) is 5.65 Å². The molecule has 0 N–H and O–H groups in total. The summed E-state index contributed by atoms with van der Waals surface area (Å²) in [5.41, 5.74) is 1.71. The van der Waals surface area contributed by atoms with Crippen molar-refractivity contribution in [3.8, 4) is 0 Å². The number of carbonyl (C=O) groups is 1. The van der Waals surface area contributed by atoms with Crippen LogP contribution in [0.4, 0.5) is 5.82 Å². The third-order valence-electron chi connectivity index (χ3n) is 4.44. The molecule has 1 saturated heterocycles. The van der Waals surface area contributed by atoms with Gasteiger partial charge in [-0.1, -0.05) is 17.7 Å². The molecule has 0 bridgehead atoms. The Morgan fingerprint density at radius 1 is 1.15 bits per heavy atom. The maximum absolute atomic E-state index is 12.6. The number of carbonyl (C=O) groups excluding carboxylic acids is 1. The van der Waals surface area contributed by atoms with E-state index in [2.05, 4.69) is 42.8 Å². The van der Waals surface area contributed by atoms with Gasteiger partial charge in [0.1, 0.15) is 12.1 Å². The summed E-state index contributed by atoms with van der Waals surface area (Å²) in [6, 6.07) is 9.56. The van der Waals surface area contributed by atoms with Crippen LogP contribution >= 0.6 is 34.2 Å². The number of piperazine rings is 1. The lowest BCUT2D eigenvalue weighted by Gasteiger charge is -2.35. The summed E-state index contributed by atoms with van der Waals surface area (Å²) in [6.45, 7) is 2.88. The highest BCUT2D eigenvalue weighted by Gasteiger charge is 2.22. The highest BCUT2D eigenvalue weighted by Crippen LogP contribution is 2.20. The van der Waals surface area contributed by atoms with Crippen LogP contribution in [0.1, 0.15) is 5.56 Å². The third-order valence-corrected chi connectivity index (χ3v) is 5.98. The summed E-state index contributed by atoms with van der Waals surface area (Å²) in [5, 5.41) is 13.0. The molecular weight excluding hydrogens is 467 g/mol. The highest BCUT2D eigenvalue weighted by atomic mass is 127. The Kier molecular flexibility index (Phi) is 4.94. The minimum atomic E-state index is 0.144. The minimum Gasteiger partial charge on any atom is -0.352 e. The van der Waals surface area contributed by atoms with Crippen LogP contribution in [-0.4, -0.2) is 56.8 Å². The van der Waals surface area contributed by atoms with Crippen molar-refractivity contribution in [1.29, 1.82) is 0 Å². The number of anilines is 1. The lowest BCUT2D eigenvalue weighted by atomic mass is 10.1. The van der Waals surface area contributed by atoms with Gasteiger partial charge in [-0.05, 0) is 52.4 Å². The molecule has 0 radical (unpaired) electrons. The molecule has 134 valence electrons. The Labute approximate surface area is 169 Å². The van der Waals surface area contributed by atoms with Gasteiger partial charge in [-0.2, -0.15) is 4.52 Å². The fourth-order valence-electron chi connectivity index (χ4n) is 3.01. The molecule has 1 aliphatic heterocycles.